The van der Waals surface area contributed by atoms with Gasteiger partial charge >= 0.3 is 0 Å². The molecule has 1 aromatic heterocycles. The topological polar surface area (TPSA) is 67.2 Å². The average Bonchev–Trinajstić information content (AvgIpc) is 3.36. The van der Waals surface area contributed by atoms with E-state index in [1.54, 1.807) is 6.08 Å². The van der Waals surface area contributed by atoms with Gasteiger partial charge in [-0.1, -0.05) is 48.5 Å². The van der Waals surface area contributed by atoms with Crippen molar-refractivity contribution in [3.8, 4) is 16.9 Å². The Kier molecular flexibility index (Phi) is 5.12. The number of benzene rings is 2. The van der Waals surface area contributed by atoms with Crippen molar-refractivity contribution >= 4 is 17.9 Å². The van der Waals surface area contributed by atoms with Crippen LogP contribution in [0, 0.1) is 0 Å². The summed E-state index contributed by atoms with van der Waals surface area (Å²) in [6.07, 6.45) is 7.63. The van der Waals surface area contributed by atoms with Crippen LogP contribution in [0.3, 0.4) is 0 Å². The van der Waals surface area contributed by atoms with Crippen molar-refractivity contribution in [2.75, 3.05) is 6.54 Å². The Balaban J connectivity index is 1.47. The first-order valence-electron chi connectivity index (χ1n) is 10.7. The molecule has 2 fully saturated rings. The van der Waals surface area contributed by atoms with Crippen LogP contribution in [0.5, 0.6) is 0 Å². The third kappa shape index (κ3) is 3.89. The van der Waals surface area contributed by atoms with E-state index in [0.717, 1.165) is 35.3 Å². The number of carbonyl (C=O) groups is 2. The second-order valence-electron chi connectivity index (χ2n) is 8.05. The van der Waals surface area contributed by atoms with Gasteiger partial charge in [0.1, 0.15) is 0 Å². The molecule has 2 bridgehead atoms. The summed E-state index contributed by atoms with van der Waals surface area (Å²) in [6, 6.07) is 20.0. The molecule has 156 valence electrons. The monoisotopic (exact) mass is 412 g/mol. The van der Waals surface area contributed by atoms with E-state index in [1.165, 1.54) is 0 Å². The van der Waals surface area contributed by atoms with E-state index in [4.69, 9.17) is 5.10 Å². The van der Waals surface area contributed by atoms with Gasteiger partial charge in [0.15, 0.2) is 0 Å². The number of hydrogen-bond acceptors (Lipinski definition) is 3. The molecule has 0 radical (unpaired) electrons. The molecule has 6 heteroatoms. The van der Waals surface area contributed by atoms with Crippen LogP contribution < -0.4 is 5.32 Å². The van der Waals surface area contributed by atoms with Gasteiger partial charge in [-0.25, -0.2) is 4.68 Å². The molecule has 2 amide bonds. The maximum atomic E-state index is 13.1. The Labute approximate surface area is 181 Å². The van der Waals surface area contributed by atoms with E-state index in [2.05, 4.69) is 5.32 Å². The fourth-order valence-corrected chi connectivity index (χ4v) is 4.53. The van der Waals surface area contributed by atoms with Crippen molar-refractivity contribution in [3.05, 3.63) is 78.5 Å². The minimum absolute atomic E-state index is 0.00899. The summed E-state index contributed by atoms with van der Waals surface area (Å²) >= 11 is 0. The predicted octanol–water partition coefficient (Wildman–Crippen LogP) is 3.43. The first-order valence-corrected chi connectivity index (χ1v) is 10.7. The molecule has 5 rings (SSSR count). The molecule has 3 heterocycles. The Morgan fingerprint density at radius 1 is 1.00 bits per heavy atom. The van der Waals surface area contributed by atoms with Crippen molar-refractivity contribution in [3.63, 3.8) is 0 Å². The van der Waals surface area contributed by atoms with Gasteiger partial charge < -0.3 is 10.2 Å². The number of amides is 2. The van der Waals surface area contributed by atoms with Crippen molar-refractivity contribution < 1.29 is 9.59 Å². The molecule has 2 aromatic carbocycles. The number of aromatic nitrogens is 2. The minimum atomic E-state index is -0.0459. The fourth-order valence-electron chi connectivity index (χ4n) is 4.53. The first-order chi connectivity index (χ1) is 15.2. The highest BCUT2D eigenvalue weighted by Gasteiger charge is 2.39. The molecular weight excluding hydrogens is 388 g/mol. The van der Waals surface area contributed by atoms with E-state index in [0.29, 0.717) is 13.0 Å². The summed E-state index contributed by atoms with van der Waals surface area (Å²) in [5, 5.41) is 7.71. The lowest BCUT2D eigenvalue weighted by molar-refractivity contribution is -0.128. The van der Waals surface area contributed by atoms with Crippen LogP contribution in [0.2, 0.25) is 0 Å². The standard InChI is InChI=1S/C25H24N4O2/c30-23-15-21-12-13-22(16-26-23)29(21)24(31)14-11-19-17-28(20-9-5-2-6-10-20)27-25(19)18-7-3-1-4-8-18/h1-11,14,17,21-22H,12-13,15-16H2,(H,26,30)/b14-11-/t21-,22+/m1/s1. The van der Waals surface area contributed by atoms with Gasteiger partial charge in [-0.15, -0.1) is 0 Å². The Morgan fingerprint density at radius 3 is 2.48 bits per heavy atom. The average molecular weight is 412 g/mol. The summed E-state index contributed by atoms with van der Waals surface area (Å²) in [7, 11) is 0. The molecule has 0 aliphatic carbocycles. The highest BCUT2D eigenvalue weighted by Crippen LogP contribution is 2.29. The molecule has 2 atom stereocenters. The Bertz CT molecular complexity index is 1120. The molecule has 6 nitrogen and oxygen atoms in total. The zero-order valence-corrected chi connectivity index (χ0v) is 17.1. The maximum absolute atomic E-state index is 13.1. The summed E-state index contributed by atoms with van der Waals surface area (Å²) < 4.78 is 1.84. The molecule has 1 N–H and O–H groups in total. The smallest absolute Gasteiger partial charge is 0.247 e. The van der Waals surface area contributed by atoms with Gasteiger partial charge in [0, 0.05) is 48.4 Å². The molecule has 2 aliphatic heterocycles. The summed E-state index contributed by atoms with van der Waals surface area (Å²) in [5.41, 5.74) is 3.65. The minimum Gasteiger partial charge on any atom is -0.354 e. The van der Waals surface area contributed by atoms with Gasteiger partial charge in [-0.2, -0.15) is 5.10 Å². The van der Waals surface area contributed by atoms with E-state index >= 15 is 0 Å². The lowest BCUT2D eigenvalue weighted by atomic mass is 10.1. The second kappa shape index (κ2) is 8.22. The van der Waals surface area contributed by atoms with Crippen LogP contribution in [0.1, 0.15) is 24.8 Å². The summed E-state index contributed by atoms with van der Waals surface area (Å²) in [5.74, 6) is -0.0139. The molecular formula is C25H24N4O2. The van der Waals surface area contributed by atoms with E-state index < -0.39 is 0 Å². The van der Waals surface area contributed by atoms with Gasteiger partial charge in [-0.05, 0) is 31.1 Å². The highest BCUT2D eigenvalue weighted by atomic mass is 16.2. The number of rotatable bonds is 4. The van der Waals surface area contributed by atoms with E-state index in [9.17, 15) is 9.59 Å². The van der Waals surface area contributed by atoms with Gasteiger partial charge in [0.25, 0.3) is 0 Å². The van der Waals surface area contributed by atoms with Gasteiger partial charge in [0.05, 0.1) is 11.4 Å². The quantitative estimate of drug-likeness (QED) is 0.668. The number of fused-ring (bicyclic) bond motifs is 2. The fraction of sp³-hybridized carbons (Fsp3) is 0.240. The first kappa shape index (κ1) is 19.3. The molecule has 2 aliphatic rings. The maximum Gasteiger partial charge on any atom is 0.247 e. The molecule has 0 unspecified atom stereocenters. The zero-order valence-electron chi connectivity index (χ0n) is 17.1. The van der Waals surface area contributed by atoms with Crippen molar-refractivity contribution in [2.24, 2.45) is 0 Å². The Morgan fingerprint density at radius 2 is 1.71 bits per heavy atom. The summed E-state index contributed by atoms with van der Waals surface area (Å²) in [4.78, 5) is 26.9. The van der Waals surface area contributed by atoms with Crippen LogP contribution in [0.15, 0.2) is 72.9 Å². The molecule has 0 saturated carbocycles. The van der Waals surface area contributed by atoms with Crippen molar-refractivity contribution in [1.82, 2.24) is 20.0 Å². The van der Waals surface area contributed by atoms with Gasteiger partial charge in [-0.3, -0.25) is 9.59 Å². The van der Waals surface area contributed by atoms with Crippen LogP contribution in [-0.4, -0.2) is 45.1 Å². The van der Waals surface area contributed by atoms with Crippen molar-refractivity contribution in [2.45, 2.75) is 31.3 Å². The van der Waals surface area contributed by atoms with E-state index in [-0.39, 0.29) is 23.9 Å². The SMILES string of the molecule is O=C1C[C@H]2CC[C@@H](CN1)N2C(=O)/C=C\c1cn(-c2ccccc2)nc1-c1ccccc1. The zero-order chi connectivity index (χ0) is 21.2. The molecule has 3 aromatic rings. The van der Waals surface area contributed by atoms with E-state index in [1.807, 2.05) is 82.5 Å². The second-order valence-corrected chi connectivity index (χ2v) is 8.05. The molecule has 2 saturated heterocycles. The van der Waals surface area contributed by atoms with Crippen molar-refractivity contribution in [1.29, 1.82) is 0 Å². The third-order valence-electron chi connectivity index (χ3n) is 6.05. The van der Waals surface area contributed by atoms with Crippen LogP contribution >= 0.6 is 0 Å². The van der Waals surface area contributed by atoms with Crippen LogP contribution in [0.25, 0.3) is 23.0 Å². The number of nitrogens with one attached hydrogen (secondary N) is 1. The number of nitrogens with zero attached hydrogens (tertiary/aromatic N) is 3. The number of carbonyl (C=O) groups excluding carboxylic acids is 2. The number of para-hydroxylation sites is 1. The largest absolute Gasteiger partial charge is 0.354 e. The molecule has 0 spiro atoms. The van der Waals surface area contributed by atoms with Crippen LogP contribution in [-0.2, 0) is 9.59 Å². The normalized spacial score (nSPS) is 20.6. The Hall–Kier alpha value is -3.67. The lowest BCUT2D eigenvalue weighted by Crippen LogP contribution is -2.41. The third-order valence-corrected chi connectivity index (χ3v) is 6.05. The predicted molar refractivity (Wildman–Crippen MR) is 119 cm³/mol. The van der Waals surface area contributed by atoms with Crippen LogP contribution in [0.4, 0.5) is 0 Å². The lowest BCUT2D eigenvalue weighted by Gasteiger charge is -2.25. The number of hydrogen-bond donors (Lipinski definition) is 1. The molecule has 31 heavy (non-hydrogen) atoms. The highest BCUT2D eigenvalue weighted by molar-refractivity contribution is 5.94. The summed E-state index contributed by atoms with van der Waals surface area (Å²) in [6.45, 7) is 0.538. The van der Waals surface area contributed by atoms with Gasteiger partial charge in [0.2, 0.25) is 11.8 Å².